The monoisotopic (exact) mass is 853 g/mol. The highest BCUT2D eigenvalue weighted by atomic mass is 16.7. The molecule has 0 radical (unpaired) electrons. The van der Waals surface area contributed by atoms with Crippen LogP contribution in [-0.4, -0.2) is 131 Å². The van der Waals surface area contributed by atoms with Crippen molar-refractivity contribution in [2.45, 2.75) is 85.6 Å². The Labute approximate surface area is 355 Å². The van der Waals surface area contributed by atoms with E-state index in [9.17, 15) is 39.9 Å². The van der Waals surface area contributed by atoms with Crippen LogP contribution in [-0.2, 0) is 33.4 Å². The molecule has 334 valence electrons. The number of anilines is 1. The number of aromatic hydroxyl groups is 3. The minimum absolute atomic E-state index is 0.0319. The average molecular weight is 854 g/mol. The first-order chi connectivity index (χ1) is 28.8. The largest absolute Gasteiger partial charge is 0.507 e. The fraction of sp³-hybridized carbons (Fsp3) is 0.545. The third-order valence-electron chi connectivity index (χ3n) is 11.9. The van der Waals surface area contributed by atoms with Crippen molar-refractivity contribution in [1.29, 1.82) is 0 Å². The van der Waals surface area contributed by atoms with E-state index < -0.39 is 88.8 Å². The van der Waals surface area contributed by atoms with Crippen LogP contribution >= 0.6 is 0 Å². The molecule has 9 atom stereocenters. The molecule has 4 aliphatic rings. The van der Waals surface area contributed by atoms with Crippen molar-refractivity contribution in [3.8, 4) is 23.0 Å². The molecule has 1 saturated heterocycles. The summed E-state index contributed by atoms with van der Waals surface area (Å²) in [4.78, 5) is 48.1. The summed E-state index contributed by atoms with van der Waals surface area (Å²) in [5, 5.41) is 64.3. The quantitative estimate of drug-likeness (QED) is 0.0564. The van der Waals surface area contributed by atoms with E-state index in [0.29, 0.717) is 19.8 Å². The van der Waals surface area contributed by atoms with Gasteiger partial charge in [-0.2, -0.15) is 0 Å². The third-order valence-corrected chi connectivity index (χ3v) is 11.9. The molecular formula is C44H59N3O14. The number of methoxy groups -OCH3 is 1. The van der Waals surface area contributed by atoms with E-state index in [2.05, 4.69) is 15.4 Å². The Balaban J connectivity index is 1.65. The van der Waals surface area contributed by atoms with E-state index in [4.69, 9.17) is 28.5 Å². The number of hydrogen-bond donors (Lipinski definition) is 6. The number of rotatable bonds is 7. The Morgan fingerprint density at radius 1 is 0.984 bits per heavy atom. The maximum absolute atomic E-state index is 14.4. The number of morpholine rings is 1. The highest BCUT2D eigenvalue weighted by molar-refractivity contribution is 6.23. The zero-order chi connectivity index (χ0) is 44.9. The summed E-state index contributed by atoms with van der Waals surface area (Å²) in [5.41, 5.74) is -0.623. The number of nitrogens with one attached hydrogen (secondary N) is 1. The Bertz CT molecular complexity index is 2090. The molecule has 0 aliphatic carbocycles. The third kappa shape index (κ3) is 9.81. The lowest BCUT2D eigenvalue weighted by Gasteiger charge is -2.38. The first kappa shape index (κ1) is 46.9. The Kier molecular flexibility index (Phi) is 15.1. The number of ether oxygens (including phenoxy) is 5. The second-order valence-electron chi connectivity index (χ2n) is 16.1. The van der Waals surface area contributed by atoms with Crippen molar-refractivity contribution in [2.75, 3.05) is 51.9 Å². The van der Waals surface area contributed by atoms with Crippen molar-refractivity contribution >= 4 is 40.3 Å². The van der Waals surface area contributed by atoms with Gasteiger partial charge in [-0.3, -0.25) is 19.3 Å². The van der Waals surface area contributed by atoms with Crippen molar-refractivity contribution in [2.24, 2.45) is 28.8 Å². The molecule has 0 aromatic heterocycles. The number of nitrogens with zero attached hydrogens (tertiary/aromatic N) is 2. The number of benzene rings is 2. The first-order valence-electron chi connectivity index (χ1n) is 20.4. The number of esters is 1. The SMILES string of the molecule is CO[C@H]1/C=C/O[C@@]2(C)Oc3c(C)c(O)c4c(O)c(c(/C=N/OCCN5CCOCC5)c(O)c4c3C2=O)NC(=O)/C(C)=C\C=C\[C@H](C)[C@H](O)[C@@H](C)[C@@H](O)[C@@H](C)[C@H](OC(C)=O)[C@@H]1C. The summed E-state index contributed by atoms with van der Waals surface area (Å²) in [6.07, 6.45) is 4.53. The molecule has 6 rings (SSSR count). The lowest BCUT2D eigenvalue weighted by atomic mass is 9.78. The molecule has 4 aliphatic heterocycles. The molecule has 17 heteroatoms. The van der Waals surface area contributed by atoms with E-state index in [1.54, 1.807) is 39.8 Å². The van der Waals surface area contributed by atoms with Crippen molar-refractivity contribution in [1.82, 2.24) is 4.90 Å². The van der Waals surface area contributed by atoms with Gasteiger partial charge in [-0.15, -0.1) is 0 Å². The van der Waals surface area contributed by atoms with Gasteiger partial charge in [-0.05, 0) is 19.9 Å². The molecular weight excluding hydrogens is 794 g/mol. The van der Waals surface area contributed by atoms with Gasteiger partial charge in [0.1, 0.15) is 30.0 Å². The smallest absolute Gasteiger partial charge is 0.312 e. The number of phenolic OH excluding ortho intramolecular Hbond substituents is 3. The zero-order valence-electron chi connectivity index (χ0n) is 36.1. The standard InChI is InChI=1S/C44H59N3O14/c1-22-11-10-12-23(2)43(55)46-34-29(21-45-59-20-16-47-14-18-57-19-15-47)38(52)31-32(39(34)53)37(51)27(6)41-33(31)42(54)44(8,61-41)58-17-13-30(56-9)24(3)40(60-28(7)48)26(5)36(50)25(4)35(22)49/h10-13,17,21-22,24-26,30,35-36,40,49-53H,14-16,18-20H2,1-9H3,(H,46,55)/b11-10+,17-13+,23-12-,45-21+/t22-,24+,25+,26+,30-,35-,36+,40+,44-/m0/s1. The van der Waals surface area contributed by atoms with Crippen LogP contribution in [0.15, 0.2) is 41.3 Å². The number of oxime groups is 1. The lowest BCUT2D eigenvalue weighted by molar-refractivity contribution is -0.160. The van der Waals surface area contributed by atoms with Crippen LogP contribution in [0.3, 0.4) is 0 Å². The fourth-order valence-electron chi connectivity index (χ4n) is 8.01. The molecule has 4 heterocycles. The lowest BCUT2D eigenvalue weighted by Crippen LogP contribution is -2.46. The number of ketones is 1. The summed E-state index contributed by atoms with van der Waals surface area (Å²) < 4.78 is 28.9. The zero-order valence-corrected chi connectivity index (χ0v) is 36.1. The van der Waals surface area contributed by atoms with Crippen LogP contribution in [0.1, 0.15) is 70.0 Å². The topological polar surface area (TPSA) is 235 Å². The van der Waals surface area contributed by atoms with Gasteiger partial charge in [0.15, 0.2) is 5.75 Å². The van der Waals surface area contributed by atoms with Gasteiger partial charge in [-0.1, -0.05) is 51.1 Å². The number of aliphatic hydroxyl groups is 2. The number of allylic oxidation sites excluding steroid dienone is 2. The van der Waals surface area contributed by atoms with E-state index in [0.717, 1.165) is 19.3 Å². The highest BCUT2D eigenvalue weighted by Crippen LogP contribution is 2.55. The molecule has 6 N–H and O–H groups in total. The van der Waals surface area contributed by atoms with Crippen LogP contribution in [0, 0.1) is 30.6 Å². The van der Waals surface area contributed by atoms with Crippen LogP contribution in [0.25, 0.3) is 10.8 Å². The summed E-state index contributed by atoms with van der Waals surface area (Å²) in [6, 6.07) is 0. The Hall–Kier alpha value is -5.20. The number of carbonyl (C=O) groups excluding carboxylic acids is 3. The molecule has 0 unspecified atom stereocenters. The highest BCUT2D eigenvalue weighted by Gasteiger charge is 2.50. The number of fused-ring (bicyclic) bond motifs is 14. The van der Waals surface area contributed by atoms with Crippen LogP contribution < -0.4 is 10.1 Å². The van der Waals surface area contributed by atoms with Crippen LogP contribution in [0.2, 0.25) is 0 Å². The second-order valence-corrected chi connectivity index (χ2v) is 16.1. The molecule has 2 aromatic rings. The summed E-state index contributed by atoms with van der Waals surface area (Å²) >= 11 is 0. The van der Waals surface area contributed by atoms with Gasteiger partial charge < -0.3 is 59.4 Å². The molecule has 0 spiro atoms. The van der Waals surface area contributed by atoms with E-state index in [-0.39, 0.29) is 51.1 Å². The average Bonchev–Trinajstić information content (AvgIpc) is 3.50. The maximum atomic E-state index is 14.4. The number of phenols is 3. The van der Waals surface area contributed by atoms with E-state index in [1.165, 1.54) is 53.2 Å². The number of carbonyl (C=O) groups is 3. The van der Waals surface area contributed by atoms with E-state index in [1.807, 2.05) is 0 Å². The van der Waals surface area contributed by atoms with Crippen molar-refractivity contribution in [3.05, 3.63) is 52.8 Å². The molecule has 1 fully saturated rings. The molecule has 1 amide bonds. The molecule has 61 heavy (non-hydrogen) atoms. The normalized spacial score (nSPS) is 31.3. The molecule has 17 nitrogen and oxygen atoms in total. The minimum Gasteiger partial charge on any atom is -0.507 e. The molecule has 2 aromatic carbocycles. The van der Waals surface area contributed by atoms with Crippen LogP contribution in [0.4, 0.5) is 5.69 Å². The van der Waals surface area contributed by atoms with Gasteiger partial charge >= 0.3 is 11.8 Å². The molecule has 5 bridgehead atoms. The fourth-order valence-corrected chi connectivity index (χ4v) is 8.01. The maximum Gasteiger partial charge on any atom is 0.312 e. The summed E-state index contributed by atoms with van der Waals surface area (Å²) in [7, 11) is 1.43. The number of hydrogen-bond acceptors (Lipinski definition) is 16. The van der Waals surface area contributed by atoms with Gasteiger partial charge in [-0.25, -0.2) is 0 Å². The number of Topliss-reactive ketones (excluding diaryl/α,β-unsaturated/α-hetero) is 1. The van der Waals surface area contributed by atoms with E-state index >= 15 is 0 Å². The number of aliphatic hydroxyl groups excluding tert-OH is 2. The summed E-state index contributed by atoms with van der Waals surface area (Å²) in [6.45, 7) is 15.7. The first-order valence-corrected chi connectivity index (χ1v) is 20.4. The van der Waals surface area contributed by atoms with Gasteiger partial charge in [0.2, 0.25) is 0 Å². The molecule has 0 saturated carbocycles. The van der Waals surface area contributed by atoms with Gasteiger partial charge in [0.25, 0.3) is 11.7 Å². The Morgan fingerprint density at radius 3 is 2.33 bits per heavy atom. The van der Waals surface area contributed by atoms with Crippen molar-refractivity contribution in [3.63, 3.8) is 0 Å². The minimum atomic E-state index is -2.07. The van der Waals surface area contributed by atoms with Gasteiger partial charge in [0, 0.05) is 80.8 Å². The second kappa shape index (κ2) is 19.7. The van der Waals surface area contributed by atoms with Crippen molar-refractivity contribution < 1.29 is 68.4 Å². The van der Waals surface area contributed by atoms with Gasteiger partial charge in [0.05, 0.1) is 66.2 Å². The van der Waals surface area contributed by atoms with Crippen LogP contribution in [0.5, 0.6) is 23.0 Å². The summed E-state index contributed by atoms with van der Waals surface area (Å²) in [5.74, 6) is -8.67. The Morgan fingerprint density at radius 2 is 1.67 bits per heavy atom. The number of amides is 1. The predicted molar refractivity (Wildman–Crippen MR) is 225 cm³/mol. The predicted octanol–water partition coefficient (Wildman–Crippen LogP) is 4.44.